The van der Waals surface area contributed by atoms with Crippen LogP contribution in [0.4, 0.5) is 5.69 Å². The number of amides is 1. The van der Waals surface area contributed by atoms with Gasteiger partial charge < -0.3 is 5.32 Å². The Morgan fingerprint density at radius 3 is 2.12 bits per heavy atom. The zero-order valence-corrected chi connectivity index (χ0v) is 20.6. The van der Waals surface area contributed by atoms with E-state index < -0.39 is 10.0 Å². The van der Waals surface area contributed by atoms with Gasteiger partial charge in [-0.2, -0.15) is 11.8 Å². The third kappa shape index (κ3) is 7.11. The third-order valence-corrected chi connectivity index (χ3v) is 7.96. The molecule has 0 aromatic heterocycles. The number of sulfonamides is 1. The Morgan fingerprint density at radius 2 is 1.52 bits per heavy atom. The molecule has 0 fully saturated rings. The molecule has 0 aliphatic rings. The van der Waals surface area contributed by atoms with Crippen LogP contribution in [0.5, 0.6) is 0 Å². The summed E-state index contributed by atoms with van der Waals surface area (Å²) in [6.45, 7) is 4.36. The second kappa shape index (κ2) is 11.9. The number of anilines is 1. The van der Waals surface area contributed by atoms with Gasteiger partial charge in [0.25, 0.3) is 10.0 Å². The average molecular weight is 483 g/mol. The van der Waals surface area contributed by atoms with Crippen LogP contribution < -0.4 is 9.62 Å². The van der Waals surface area contributed by atoms with Gasteiger partial charge in [-0.3, -0.25) is 9.10 Å². The van der Waals surface area contributed by atoms with Gasteiger partial charge in [0, 0.05) is 18.1 Å². The first-order chi connectivity index (χ1) is 15.9. The summed E-state index contributed by atoms with van der Waals surface area (Å²) in [6.07, 6.45) is 0. The maximum absolute atomic E-state index is 13.4. The fourth-order valence-corrected chi connectivity index (χ4v) is 5.53. The highest BCUT2D eigenvalue weighted by Crippen LogP contribution is 2.25. The molecule has 1 amide bonds. The summed E-state index contributed by atoms with van der Waals surface area (Å²) in [6, 6.07) is 25.7. The topological polar surface area (TPSA) is 66.5 Å². The van der Waals surface area contributed by atoms with Gasteiger partial charge in [0.1, 0.15) is 6.54 Å². The van der Waals surface area contributed by atoms with E-state index in [0.717, 1.165) is 17.1 Å². The minimum atomic E-state index is -3.89. The van der Waals surface area contributed by atoms with Crippen LogP contribution in [0.15, 0.2) is 89.8 Å². The monoisotopic (exact) mass is 482 g/mol. The van der Waals surface area contributed by atoms with E-state index >= 15 is 0 Å². The van der Waals surface area contributed by atoms with Crippen molar-refractivity contribution in [2.75, 3.05) is 23.1 Å². The summed E-state index contributed by atoms with van der Waals surface area (Å²) < 4.78 is 27.9. The average Bonchev–Trinajstić information content (AvgIpc) is 2.83. The highest BCUT2D eigenvalue weighted by atomic mass is 32.2. The van der Waals surface area contributed by atoms with Crippen molar-refractivity contribution in [3.8, 4) is 0 Å². The van der Waals surface area contributed by atoms with Gasteiger partial charge >= 0.3 is 0 Å². The Hall–Kier alpha value is -2.77. The minimum absolute atomic E-state index is 0.157. The minimum Gasteiger partial charge on any atom is -0.354 e. The standard InChI is InChI=1S/C26H30N2O3S2/c1-21(2)23-13-15-24(16-14-23)28(33(30,31)25-11-7-4-8-12-25)19-26(29)27-17-18-32-20-22-9-5-3-6-10-22/h3-16,21H,17-20H2,1-2H3,(H,27,29). The molecule has 0 heterocycles. The van der Waals surface area contributed by atoms with Crippen LogP contribution in [0.1, 0.15) is 30.9 Å². The van der Waals surface area contributed by atoms with E-state index in [4.69, 9.17) is 0 Å². The SMILES string of the molecule is CC(C)c1ccc(N(CC(=O)NCCSCc2ccccc2)S(=O)(=O)c2ccccc2)cc1. The molecular weight excluding hydrogens is 452 g/mol. The fourth-order valence-electron chi connectivity index (χ4n) is 3.27. The Balaban J connectivity index is 1.67. The Morgan fingerprint density at radius 1 is 0.909 bits per heavy atom. The van der Waals surface area contributed by atoms with Crippen LogP contribution >= 0.6 is 11.8 Å². The molecule has 0 atom stereocenters. The van der Waals surface area contributed by atoms with Crippen molar-refractivity contribution in [2.45, 2.75) is 30.4 Å². The first-order valence-electron chi connectivity index (χ1n) is 10.9. The number of benzene rings is 3. The smallest absolute Gasteiger partial charge is 0.264 e. The highest BCUT2D eigenvalue weighted by Gasteiger charge is 2.27. The lowest BCUT2D eigenvalue weighted by atomic mass is 10.0. The molecule has 174 valence electrons. The Bertz CT molecular complexity index is 1120. The molecule has 7 heteroatoms. The van der Waals surface area contributed by atoms with Crippen LogP contribution in [0.25, 0.3) is 0 Å². The summed E-state index contributed by atoms with van der Waals surface area (Å²) in [7, 11) is -3.89. The van der Waals surface area contributed by atoms with Gasteiger partial charge in [-0.1, -0.05) is 74.5 Å². The van der Waals surface area contributed by atoms with E-state index in [1.807, 2.05) is 30.3 Å². The molecule has 0 saturated heterocycles. The number of carbonyl (C=O) groups excluding carboxylic acids is 1. The van der Waals surface area contributed by atoms with Crippen molar-refractivity contribution in [2.24, 2.45) is 0 Å². The zero-order valence-electron chi connectivity index (χ0n) is 19.0. The Kier molecular flexibility index (Phi) is 8.97. The molecule has 3 rings (SSSR count). The molecule has 3 aromatic carbocycles. The molecule has 1 N–H and O–H groups in total. The molecule has 33 heavy (non-hydrogen) atoms. The molecule has 5 nitrogen and oxygen atoms in total. The molecule has 0 aliphatic heterocycles. The van der Waals surface area contributed by atoms with E-state index in [1.165, 1.54) is 9.87 Å². The Labute approximate surface area is 201 Å². The zero-order chi connectivity index (χ0) is 23.7. The maximum atomic E-state index is 13.4. The maximum Gasteiger partial charge on any atom is 0.264 e. The number of hydrogen-bond acceptors (Lipinski definition) is 4. The van der Waals surface area contributed by atoms with Gasteiger partial charge in [-0.25, -0.2) is 8.42 Å². The van der Waals surface area contributed by atoms with Crippen LogP contribution in [0.2, 0.25) is 0 Å². The van der Waals surface area contributed by atoms with Crippen LogP contribution in [-0.4, -0.2) is 33.2 Å². The quantitative estimate of drug-likeness (QED) is 0.388. The van der Waals surface area contributed by atoms with Crippen molar-refractivity contribution < 1.29 is 13.2 Å². The lowest BCUT2D eigenvalue weighted by molar-refractivity contribution is -0.119. The number of hydrogen-bond donors (Lipinski definition) is 1. The summed E-state index contributed by atoms with van der Waals surface area (Å²) in [5, 5.41) is 2.86. The summed E-state index contributed by atoms with van der Waals surface area (Å²) >= 11 is 1.72. The number of nitrogens with zero attached hydrogens (tertiary/aromatic N) is 1. The molecule has 0 unspecified atom stereocenters. The summed E-state index contributed by atoms with van der Waals surface area (Å²) in [5.41, 5.74) is 2.81. The van der Waals surface area contributed by atoms with E-state index in [1.54, 1.807) is 54.2 Å². The molecule has 0 saturated carbocycles. The second-order valence-corrected chi connectivity index (χ2v) is 10.9. The van der Waals surface area contributed by atoms with Gasteiger partial charge in [-0.15, -0.1) is 0 Å². The van der Waals surface area contributed by atoms with Crippen LogP contribution in [0.3, 0.4) is 0 Å². The van der Waals surface area contributed by atoms with E-state index in [0.29, 0.717) is 18.2 Å². The number of rotatable bonds is 11. The van der Waals surface area contributed by atoms with Gasteiger partial charge in [0.2, 0.25) is 5.91 Å². The van der Waals surface area contributed by atoms with Crippen LogP contribution in [-0.2, 0) is 20.6 Å². The lowest BCUT2D eigenvalue weighted by Crippen LogP contribution is -2.41. The molecule has 0 aliphatic carbocycles. The lowest BCUT2D eigenvalue weighted by Gasteiger charge is -2.24. The van der Waals surface area contributed by atoms with Crippen molar-refractivity contribution in [3.05, 3.63) is 96.1 Å². The molecule has 0 spiro atoms. The van der Waals surface area contributed by atoms with E-state index in [-0.39, 0.29) is 17.3 Å². The molecule has 0 bridgehead atoms. The van der Waals surface area contributed by atoms with Crippen molar-refractivity contribution in [1.82, 2.24) is 5.32 Å². The summed E-state index contributed by atoms with van der Waals surface area (Å²) in [4.78, 5) is 12.8. The number of thioether (sulfide) groups is 1. The van der Waals surface area contributed by atoms with Crippen molar-refractivity contribution in [1.29, 1.82) is 0 Å². The van der Waals surface area contributed by atoms with E-state index in [2.05, 4.69) is 31.3 Å². The number of carbonyl (C=O) groups is 1. The largest absolute Gasteiger partial charge is 0.354 e. The van der Waals surface area contributed by atoms with Gasteiger partial charge in [0.15, 0.2) is 0 Å². The number of nitrogens with one attached hydrogen (secondary N) is 1. The first-order valence-corrected chi connectivity index (χ1v) is 13.5. The predicted molar refractivity (Wildman–Crippen MR) is 137 cm³/mol. The first kappa shape index (κ1) is 24.9. The van der Waals surface area contributed by atoms with Gasteiger partial charge in [0.05, 0.1) is 10.6 Å². The second-order valence-electron chi connectivity index (χ2n) is 7.96. The normalized spacial score (nSPS) is 11.4. The van der Waals surface area contributed by atoms with Crippen molar-refractivity contribution >= 4 is 33.4 Å². The predicted octanol–water partition coefficient (Wildman–Crippen LogP) is 5.05. The summed E-state index contributed by atoms with van der Waals surface area (Å²) in [5.74, 6) is 1.61. The molecular formula is C26H30N2O3S2. The van der Waals surface area contributed by atoms with Crippen molar-refractivity contribution in [3.63, 3.8) is 0 Å². The fraction of sp³-hybridized carbons (Fsp3) is 0.269. The van der Waals surface area contributed by atoms with E-state index in [9.17, 15) is 13.2 Å². The third-order valence-electron chi connectivity index (χ3n) is 5.15. The van der Waals surface area contributed by atoms with Gasteiger partial charge in [-0.05, 0) is 41.3 Å². The highest BCUT2D eigenvalue weighted by molar-refractivity contribution is 7.98. The van der Waals surface area contributed by atoms with Crippen LogP contribution in [0, 0.1) is 0 Å². The molecule has 0 radical (unpaired) electrons. The molecule has 3 aromatic rings.